The summed E-state index contributed by atoms with van der Waals surface area (Å²) in [4.78, 5) is 5.31. The maximum atomic E-state index is 13.1. The summed E-state index contributed by atoms with van der Waals surface area (Å²) >= 11 is 0. The summed E-state index contributed by atoms with van der Waals surface area (Å²) in [7, 11) is 0.286. The summed E-state index contributed by atoms with van der Waals surface area (Å²) < 4.78 is 24.3. The normalized spacial score (nSPS) is 17.6. The maximum absolute atomic E-state index is 13.1. The van der Waals surface area contributed by atoms with E-state index >= 15 is 0 Å². The summed E-state index contributed by atoms with van der Waals surface area (Å²) in [6.45, 7) is 0.489. The van der Waals surface area contributed by atoms with E-state index < -0.39 is 10.8 Å². The second-order valence-electron chi connectivity index (χ2n) is 6.07. The number of hydrogen-bond donors (Lipinski definition) is 0. The molecule has 0 radical (unpaired) electrons. The number of benzene rings is 3. The van der Waals surface area contributed by atoms with Gasteiger partial charge in [-0.1, -0.05) is 60.7 Å². The first-order chi connectivity index (χ1) is 12.8. The Morgan fingerprint density at radius 2 is 1.85 bits per heavy atom. The lowest BCUT2D eigenvalue weighted by Crippen LogP contribution is -2.12. The van der Waals surface area contributed by atoms with Crippen molar-refractivity contribution in [1.82, 2.24) is 0 Å². The molecule has 0 amide bonds. The molecule has 0 aromatic heterocycles. The SMILES string of the molecule is COc1ccc2ccccc2c1S(=O)CC1=N[C@@H](c2ccccc2)CO1. The van der Waals surface area contributed by atoms with Crippen molar-refractivity contribution < 1.29 is 13.7 Å². The number of methoxy groups -OCH3 is 1. The minimum absolute atomic E-state index is 0.0300. The zero-order valence-corrected chi connectivity index (χ0v) is 15.2. The highest BCUT2D eigenvalue weighted by Gasteiger charge is 2.24. The van der Waals surface area contributed by atoms with Gasteiger partial charge in [-0.25, -0.2) is 4.99 Å². The fraction of sp³-hybridized carbons (Fsp3) is 0.190. The molecule has 3 aromatic carbocycles. The Morgan fingerprint density at radius 1 is 1.08 bits per heavy atom. The molecule has 1 aliphatic heterocycles. The molecular weight excluding hydrogens is 346 g/mol. The molecule has 132 valence electrons. The quantitative estimate of drug-likeness (QED) is 0.683. The molecule has 3 aromatic rings. The number of hydrogen-bond acceptors (Lipinski definition) is 4. The average molecular weight is 365 g/mol. The summed E-state index contributed by atoms with van der Waals surface area (Å²) in [6.07, 6.45) is 0. The molecule has 5 heteroatoms. The monoisotopic (exact) mass is 365 g/mol. The van der Waals surface area contributed by atoms with Gasteiger partial charge in [-0.3, -0.25) is 4.21 Å². The number of rotatable bonds is 5. The average Bonchev–Trinajstić information content (AvgIpc) is 3.16. The second kappa shape index (κ2) is 7.30. The van der Waals surface area contributed by atoms with Crippen molar-refractivity contribution in [3.05, 3.63) is 72.3 Å². The van der Waals surface area contributed by atoms with E-state index in [1.807, 2.05) is 66.7 Å². The number of fused-ring (bicyclic) bond motifs is 1. The lowest BCUT2D eigenvalue weighted by molar-refractivity contribution is 0.317. The van der Waals surface area contributed by atoms with Gasteiger partial charge in [0.05, 0.1) is 22.8 Å². The predicted molar refractivity (Wildman–Crippen MR) is 104 cm³/mol. The Bertz CT molecular complexity index is 985. The Balaban J connectivity index is 1.62. The van der Waals surface area contributed by atoms with Crippen LogP contribution in [0.3, 0.4) is 0 Å². The van der Waals surface area contributed by atoms with E-state index in [0.717, 1.165) is 16.3 Å². The van der Waals surface area contributed by atoms with E-state index in [1.54, 1.807) is 7.11 Å². The van der Waals surface area contributed by atoms with Crippen molar-refractivity contribution in [1.29, 1.82) is 0 Å². The van der Waals surface area contributed by atoms with Gasteiger partial charge < -0.3 is 9.47 Å². The first-order valence-electron chi connectivity index (χ1n) is 8.45. The molecule has 0 saturated carbocycles. The summed E-state index contributed by atoms with van der Waals surface area (Å²) in [6, 6.07) is 21.7. The maximum Gasteiger partial charge on any atom is 0.197 e. The molecule has 0 fully saturated rings. The Kier molecular flexibility index (Phi) is 4.71. The largest absolute Gasteiger partial charge is 0.495 e. The minimum Gasteiger partial charge on any atom is -0.495 e. The van der Waals surface area contributed by atoms with E-state index in [4.69, 9.17) is 9.47 Å². The molecule has 0 spiro atoms. The van der Waals surface area contributed by atoms with E-state index in [-0.39, 0.29) is 11.8 Å². The van der Waals surface area contributed by atoms with Crippen LogP contribution in [0.5, 0.6) is 5.75 Å². The van der Waals surface area contributed by atoms with Crippen molar-refractivity contribution in [2.24, 2.45) is 4.99 Å². The van der Waals surface area contributed by atoms with E-state index in [1.165, 1.54) is 0 Å². The molecule has 0 saturated heterocycles. The Morgan fingerprint density at radius 3 is 2.65 bits per heavy atom. The van der Waals surface area contributed by atoms with E-state index in [2.05, 4.69) is 4.99 Å². The van der Waals surface area contributed by atoms with Gasteiger partial charge in [0.15, 0.2) is 5.90 Å². The van der Waals surface area contributed by atoms with E-state index in [9.17, 15) is 4.21 Å². The first kappa shape index (κ1) is 16.8. The van der Waals surface area contributed by atoms with Crippen LogP contribution < -0.4 is 4.74 Å². The highest BCUT2D eigenvalue weighted by atomic mass is 32.2. The van der Waals surface area contributed by atoms with Crippen molar-refractivity contribution in [3.8, 4) is 5.75 Å². The van der Waals surface area contributed by atoms with Crippen molar-refractivity contribution in [2.75, 3.05) is 19.5 Å². The van der Waals surface area contributed by atoms with Gasteiger partial charge in [0.25, 0.3) is 0 Å². The van der Waals surface area contributed by atoms with Gasteiger partial charge in [0, 0.05) is 5.39 Å². The van der Waals surface area contributed by atoms with Gasteiger partial charge in [-0.2, -0.15) is 0 Å². The van der Waals surface area contributed by atoms with Crippen LogP contribution in [0.15, 0.2) is 76.6 Å². The third kappa shape index (κ3) is 3.22. The third-order valence-corrected chi connectivity index (χ3v) is 5.82. The molecule has 4 nitrogen and oxygen atoms in total. The molecule has 0 bridgehead atoms. The van der Waals surface area contributed by atoms with Crippen LogP contribution in [0.4, 0.5) is 0 Å². The third-order valence-electron chi connectivity index (χ3n) is 4.44. The van der Waals surface area contributed by atoms with Crippen LogP contribution >= 0.6 is 0 Å². The van der Waals surface area contributed by atoms with Crippen LogP contribution in [0, 0.1) is 0 Å². The highest BCUT2D eigenvalue weighted by molar-refractivity contribution is 7.86. The Hall–Kier alpha value is -2.66. The zero-order valence-electron chi connectivity index (χ0n) is 14.4. The second-order valence-corrected chi connectivity index (χ2v) is 7.46. The highest BCUT2D eigenvalue weighted by Crippen LogP contribution is 2.32. The smallest absolute Gasteiger partial charge is 0.197 e. The topological polar surface area (TPSA) is 47.9 Å². The fourth-order valence-electron chi connectivity index (χ4n) is 3.15. The van der Waals surface area contributed by atoms with Crippen molar-refractivity contribution in [3.63, 3.8) is 0 Å². The predicted octanol–water partition coefficient (Wildman–Crippen LogP) is 4.13. The van der Waals surface area contributed by atoms with Crippen molar-refractivity contribution >= 4 is 27.5 Å². The standard InChI is InChI=1S/C21H19NO3S/c1-24-19-12-11-15-7-5-6-10-17(15)21(19)26(23)14-20-22-18(13-25-20)16-8-3-2-4-9-16/h2-12,18H,13-14H2,1H3/t18-,26?/m1/s1. The molecule has 2 atom stereocenters. The van der Waals surface area contributed by atoms with Crippen LogP contribution in [0.1, 0.15) is 11.6 Å². The number of ether oxygens (including phenoxy) is 2. The van der Waals surface area contributed by atoms with Crippen LogP contribution in [-0.2, 0) is 15.5 Å². The summed E-state index contributed by atoms with van der Waals surface area (Å²) in [5.74, 6) is 1.40. The lowest BCUT2D eigenvalue weighted by atomic mass is 10.1. The van der Waals surface area contributed by atoms with Crippen molar-refractivity contribution in [2.45, 2.75) is 10.9 Å². The summed E-state index contributed by atoms with van der Waals surface area (Å²) in [5.41, 5.74) is 1.11. The molecule has 0 N–H and O–H groups in total. The van der Waals surface area contributed by atoms with Crippen LogP contribution in [0.25, 0.3) is 10.8 Å². The molecule has 0 aliphatic carbocycles. The van der Waals surface area contributed by atoms with E-state index in [0.29, 0.717) is 23.1 Å². The van der Waals surface area contributed by atoms with Crippen LogP contribution in [-0.4, -0.2) is 29.6 Å². The van der Waals surface area contributed by atoms with Gasteiger partial charge in [-0.05, 0) is 17.0 Å². The zero-order chi connectivity index (χ0) is 17.9. The Labute approximate surface area is 154 Å². The molecular formula is C21H19NO3S. The van der Waals surface area contributed by atoms with Crippen LogP contribution in [0.2, 0.25) is 0 Å². The lowest BCUT2D eigenvalue weighted by Gasteiger charge is -2.11. The van der Waals surface area contributed by atoms with Gasteiger partial charge >= 0.3 is 0 Å². The molecule has 1 aliphatic rings. The molecule has 1 heterocycles. The van der Waals surface area contributed by atoms with Gasteiger partial charge in [-0.15, -0.1) is 0 Å². The molecule has 1 unspecified atom stereocenters. The van der Waals surface area contributed by atoms with Gasteiger partial charge in [0.2, 0.25) is 0 Å². The molecule has 4 rings (SSSR count). The fourth-order valence-corrected chi connectivity index (χ4v) is 4.48. The number of aliphatic imine (C=N–C) groups is 1. The van der Waals surface area contributed by atoms with Gasteiger partial charge in [0.1, 0.15) is 24.2 Å². The molecule has 26 heavy (non-hydrogen) atoms. The number of nitrogens with zero attached hydrogens (tertiary/aromatic N) is 1. The summed E-state index contributed by atoms with van der Waals surface area (Å²) in [5, 5.41) is 1.97. The minimum atomic E-state index is -1.31. The first-order valence-corrected chi connectivity index (χ1v) is 9.76.